The minimum atomic E-state index is -0.807. The van der Waals surface area contributed by atoms with Gasteiger partial charge in [0.2, 0.25) is 0 Å². The first-order valence-corrected chi connectivity index (χ1v) is 11.0. The topological polar surface area (TPSA) is 94.2 Å². The summed E-state index contributed by atoms with van der Waals surface area (Å²) >= 11 is 2.08. The summed E-state index contributed by atoms with van der Waals surface area (Å²) in [4.78, 5) is 38.9. The summed E-state index contributed by atoms with van der Waals surface area (Å²) in [6.45, 7) is 2.66. The van der Waals surface area contributed by atoms with Gasteiger partial charge in [0.1, 0.15) is 11.3 Å². The van der Waals surface area contributed by atoms with Gasteiger partial charge in [-0.2, -0.15) is 0 Å². The van der Waals surface area contributed by atoms with Crippen molar-refractivity contribution in [2.75, 3.05) is 25.7 Å². The fourth-order valence-electron chi connectivity index (χ4n) is 3.11. The van der Waals surface area contributed by atoms with Crippen molar-refractivity contribution < 1.29 is 28.6 Å². The van der Waals surface area contributed by atoms with Crippen LogP contribution in [0.1, 0.15) is 25.3 Å². The Morgan fingerprint density at radius 3 is 2.41 bits per heavy atom. The molecule has 168 valence electrons. The lowest BCUT2D eigenvalue weighted by atomic mass is 10.1. The molecule has 1 saturated heterocycles. The minimum absolute atomic E-state index is 0.170. The number of halogens is 1. The molecule has 1 aliphatic heterocycles. The first-order chi connectivity index (χ1) is 15.4. The number of carbonyl (C=O) groups is 3. The second-order valence-electron chi connectivity index (χ2n) is 6.89. The minimum Gasteiger partial charge on any atom is -0.494 e. The van der Waals surface area contributed by atoms with E-state index >= 15 is 0 Å². The molecule has 4 amide bonds. The van der Waals surface area contributed by atoms with Crippen LogP contribution in [0.2, 0.25) is 0 Å². The van der Waals surface area contributed by atoms with Gasteiger partial charge in [-0.25, -0.2) is 9.69 Å². The molecule has 2 aromatic rings. The van der Waals surface area contributed by atoms with Gasteiger partial charge in [0.05, 0.1) is 30.1 Å². The Morgan fingerprint density at radius 2 is 1.78 bits per heavy atom. The van der Waals surface area contributed by atoms with E-state index in [0.717, 1.165) is 21.3 Å². The average molecular weight is 550 g/mol. The summed E-state index contributed by atoms with van der Waals surface area (Å²) in [5.41, 5.74) is 0.714. The molecule has 32 heavy (non-hydrogen) atoms. The maximum atomic E-state index is 13.1. The third kappa shape index (κ3) is 5.04. The highest BCUT2D eigenvalue weighted by Gasteiger charge is 2.36. The third-order valence-corrected chi connectivity index (χ3v) is 5.53. The van der Waals surface area contributed by atoms with Gasteiger partial charge in [0.25, 0.3) is 11.8 Å². The van der Waals surface area contributed by atoms with Gasteiger partial charge in [-0.15, -0.1) is 0 Å². The van der Waals surface area contributed by atoms with Crippen LogP contribution in [0.25, 0.3) is 6.08 Å². The van der Waals surface area contributed by atoms with Crippen molar-refractivity contribution in [3.63, 3.8) is 0 Å². The molecule has 1 aliphatic rings. The van der Waals surface area contributed by atoms with Crippen molar-refractivity contribution in [3.05, 3.63) is 51.1 Å². The highest BCUT2D eigenvalue weighted by atomic mass is 127. The van der Waals surface area contributed by atoms with E-state index in [9.17, 15) is 14.4 Å². The monoisotopic (exact) mass is 550 g/mol. The summed E-state index contributed by atoms with van der Waals surface area (Å²) in [6, 6.07) is 9.16. The van der Waals surface area contributed by atoms with E-state index in [1.165, 1.54) is 20.3 Å². The quantitative estimate of drug-likeness (QED) is 0.230. The number of imide groups is 2. The molecule has 0 aromatic heterocycles. The molecule has 8 nitrogen and oxygen atoms in total. The van der Waals surface area contributed by atoms with Gasteiger partial charge in [-0.1, -0.05) is 13.3 Å². The number of amides is 4. The first-order valence-electron chi connectivity index (χ1n) is 9.95. The van der Waals surface area contributed by atoms with Crippen molar-refractivity contribution in [3.8, 4) is 17.2 Å². The summed E-state index contributed by atoms with van der Waals surface area (Å²) in [6.07, 6.45) is 3.37. The predicted molar refractivity (Wildman–Crippen MR) is 128 cm³/mol. The summed E-state index contributed by atoms with van der Waals surface area (Å²) in [5, 5.41) is 2.22. The zero-order chi connectivity index (χ0) is 23.3. The number of rotatable bonds is 8. The molecule has 1 N–H and O–H groups in total. The number of hydrogen-bond donors (Lipinski definition) is 1. The normalized spacial score (nSPS) is 15.1. The van der Waals surface area contributed by atoms with Crippen LogP contribution < -0.4 is 24.4 Å². The summed E-state index contributed by atoms with van der Waals surface area (Å²) in [5.74, 6) is 0.164. The van der Waals surface area contributed by atoms with Gasteiger partial charge in [0, 0.05) is 0 Å². The number of carbonyl (C=O) groups excluding carboxylic acids is 3. The third-order valence-electron chi connectivity index (χ3n) is 4.73. The highest BCUT2D eigenvalue weighted by molar-refractivity contribution is 14.1. The summed E-state index contributed by atoms with van der Waals surface area (Å²) in [7, 11) is 3.03. The molecule has 1 fully saturated rings. The van der Waals surface area contributed by atoms with Gasteiger partial charge >= 0.3 is 6.03 Å². The number of urea groups is 1. The Balaban J connectivity index is 1.91. The predicted octanol–water partition coefficient (Wildman–Crippen LogP) is 4.15. The van der Waals surface area contributed by atoms with E-state index < -0.39 is 17.8 Å². The van der Waals surface area contributed by atoms with Crippen LogP contribution in [0.15, 0.2) is 42.0 Å². The van der Waals surface area contributed by atoms with E-state index in [2.05, 4.69) is 34.8 Å². The highest BCUT2D eigenvalue weighted by Crippen LogP contribution is 2.34. The number of barbiturate groups is 1. The molecule has 0 saturated carbocycles. The number of hydrogen-bond acceptors (Lipinski definition) is 6. The fraction of sp³-hybridized carbons (Fsp3) is 0.261. The number of anilines is 1. The molecule has 0 unspecified atom stereocenters. The Kier molecular flexibility index (Phi) is 7.73. The molecular formula is C23H23IN2O6. The lowest BCUT2D eigenvalue weighted by Crippen LogP contribution is -2.54. The maximum Gasteiger partial charge on any atom is 0.335 e. The Hall–Kier alpha value is -3.08. The molecule has 2 aromatic carbocycles. The SMILES string of the molecule is CCCCOc1ccc(N2C(=O)NC(=O)/C(=C/c3cc(I)c(OC)c(OC)c3)C2=O)cc1. The van der Waals surface area contributed by atoms with Crippen LogP contribution in [0.5, 0.6) is 17.2 Å². The number of methoxy groups -OCH3 is 2. The standard InChI is InChI=1S/C23H23IN2O6/c1-4-5-10-32-16-8-6-15(7-9-16)26-22(28)17(21(27)25-23(26)29)11-14-12-18(24)20(31-3)19(13-14)30-2/h6-9,11-13H,4-5,10H2,1-3H3,(H,25,27,29)/b17-11-. The lowest BCUT2D eigenvalue weighted by Gasteiger charge is -2.26. The number of ether oxygens (including phenoxy) is 3. The van der Waals surface area contributed by atoms with Crippen molar-refractivity contribution in [2.45, 2.75) is 19.8 Å². The number of benzene rings is 2. The molecular weight excluding hydrogens is 527 g/mol. The van der Waals surface area contributed by atoms with Crippen molar-refractivity contribution in [2.24, 2.45) is 0 Å². The van der Waals surface area contributed by atoms with Crippen LogP contribution in [0, 0.1) is 3.57 Å². The molecule has 0 bridgehead atoms. The zero-order valence-corrected chi connectivity index (χ0v) is 20.1. The van der Waals surface area contributed by atoms with Gasteiger partial charge < -0.3 is 14.2 Å². The molecule has 3 rings (SSSR count). The number of unbranched alkanes of at least 4 members (excludes halogenated alkanes) is 1. The van der Waals surface area contributed by atoms with Gasteiger partial charge in [-0.3, -0.25) is 14.9 Å². The van der Waals surface area contributed by atoms with Crippen LogP contribution in [-0.2, 0) is 9.59 Å². The number of nitrogens with one attached hydrogen (secondary N) is 1. The average Bonchev–Trinajstić information content (AvgIpc) is 2.77. The van der Waals surface area contributed by atoms with Crippen LogP contribution in [-0.4, -0.2) is 38.7 Å². The van der Waals surface area contributed by atoms with Crippen LogP contribution in [0.4, 0.5) is 10.5 Å². The van der Waals surface area contributed by atoms with Crippen molar-refractivity contribution >= 4 is 52.2 Å². The van der Waals surface area contributed by atoms with E-state index in [1.54, 1.807) is 36.4 Å². The van der Waals surface area contributed by atoms with E-state index in [4.69, 9.17) is 14.2 Å². The lowest BCUT2D eigenvalue weighted by molar-refractivity contribution is -0.122. The molecule has 9 heteroatoms. The smallest absolute Gasteiger partial charge is 0.335 e. The Labute approximate surface area is 199 Å². The van der Waals surface area contributed by atoms with E-state index in [1.807, 2.05) is 0 Å². The second-order valence-corrected chi connectivity index (χ2v) is 8.05. The Morgan fingerprint density at radius 1 is 1.06 bits per heavy atom. The zero-order valence-electron chi connectivity index (χ0n) is 17.9. The van der Waals surface area contributed by atoms with Gasteiger partial charge in [0.15, 0.2) is 11.5 Å². The van der Waals surface area contributed by atoms with Crippen molar-refractivity contribution in [1.82, 2.24) is 5.32 Å². The second kappa shape index (κ2) is 10.5. The first kappa shape index (κ1) is 23.6. The fourth-order valence-corrected chi connectivity index (χ4v) is 3.95. The van der Waals surface area contributed by atoms with Gasteiger partial charge in [-0.05, 0) is 77.0 Å². The van der Waals surface area contributed by atoms with E-state index in [0.29, 0.717) is 35.1 Å². The van der Waals surface area contributed by atoms with Crippen molar-refractivity contribution in [1.29, 1.82) is 0 Å². The summed E-state index contributed by atoms with van der Waals surface area (Å²) < 4.78 is 17.0. The van der Waals surface area contributed by atoms with E-state index in [-0.39, 0.29) is 5.57 Å². The molecule has 0 radical (unpaired) electrons. The maximum absolute atomic E-state index is 13.1. The Bertz CT molecular complexity index is 1060. The number of nitrogens with zero attached hydrogens (tertiary/aromatic N) is 1. The van der Waals surface area contributed by atoms with Crippen LogP contribution >= 0.6 is 22.6 Å². The largest absolute Gasteiger partial charge is 0.494 e. The molecule has 0 aliphatic carbocycles. The van der Waals surface area contributed by atoms with Crippen LogP contribution in [0.3, 0.4) is 0 Å². The molecule has 0 spiro atoms. The molecule has 0 atom stereocenters. The molecule has 1 heterocycles.